The Morgan fingerprint density at radius 1 is 1.25 bits per heavy atom. The van der Waals surface area contributed by atoms with Crippen molar-refractivity contribution < 1.29 is 4.74 Å². The molecule has 1 nitrogen and oxygen atoms in total. The van der Waals surface area contributed by atoms with Crippen molar-refractivity contribution in [2.24, 2.45) is 5.92 Å². The van der Waals surface area contributed by atoms with Crippen LogP contribution in [0.4, 0.5) is 0 Å². The molecular weight excluding hydrogens is 311 g/mol. The topological polar surface area (TPSA) is 9.23 Å². The first-order valence-corrected chi connectivity index (χ1v) is 7.28. The molecule has 0 N–H and O–H groups in total. The molecule has 2 rings (SSSR count). The lowest BCUT2D eigenvalue weighted by molar-refractivity contribution is 0.203. The average Bonchev–Trinajstić information content (AvgIpc) is 2.70. The van der Waals surface area contributed by atoms with Gasteiger partial charge in [-0.05, 0) is 72.0 Å². The molecule has 0 radical (unpaired) electrons. The maximum atomic E-state index is 6.00. The van der Waals surface area contributed by atoms with Gasteiger partial charge in [-0.3, -0.25) is 0 Å². The van der Waals surface area contributed by atoms with Crippen LogP contribution in [-0.2, 0) is 0 Å². The minimum atomic E-state index is 0.455. The fraction of sp³-hybridized carbons (Fsp3) is 0.571. The Bertz CT molecular complexity index is 320. The number of hydrogen-bond acceptors (Lipinski definition) is 1. The van der Waals surface area contributed by atoms with Crippen LogP contribution in [0.25, 0.3) is 0 Å². The molecule has 0 aromatic heterocycles. The molecule has 0 spiro atoms. The maximum Gasteiger partial charge on any atom is 0.119 e. The summed E-state index contributed by atoms with van der Waals surface area (Å²) in [6.07, 6.45) is 6.96. The molecule has 0 aliphatic heterocycles. The van der Waals surface area contributed by atoms with Crippen LogP contribution in [0.1, 0.15) is 39.0 Å². The highest BCUT2D eigenvalue weighted by Gasteiger charge is 2.25. The highest BCUT2D eigenvalue weighted by Crippen LogP contribution is 2.32. The van der Waals surface area contributed by atoms with Gasteiger partial charge in [-0.1, -0.05) is 19.8 Å². The normalized spacial score (nSPS) is 24.6. The zero-order chi connectivity index (χ0) is 11.4. The standard InChI is InChI=1S/C14H19IO/c1-2-3-11-4-7-14(10-11)16-13-8-5-12(15)6-9-13/h5-6,8-9,11,14H,2-4,7,10H2,1H3. The van der Waals surface area contributed by atoms with Gasteiger partial charge in [0.15, 0.2) is 0 Å². The van der Waals surface area contributed by atoms with Gasteiger partial charge in [0.25, 0.3) is 0 Å². The van der Waals surface area contributed by atoms with Crippen molar-refractivity contribution in [3.63, 3.8) is 0 Å². The molecule has 1 saturated carbocycles. The second-order valence-corrected chi connectivity index (χ2v) is 5.91. The van der Waals surface area contributed by atoms with Gasteiger partial charge in [-0.25, -0.2) is 0 Å². The van der Waals surface area contributed by atoms with Crippen molar-refractivity contribution in [2.45, 2.75) is 45.1 Å². The van der Waals surface area contributed by atoms with Gasteiger partial charge < -0.3 is 4.74 Å². The Balaban J connectivity index is 1.84. The summed E-state index contributed by atoms with van der Waals surface area (Å²) in [5.41, 5.74) is 0. The smallest absolute Gasteiger partial charge is 0.119 e. The Labute approximate surface area is 112 Å². The van der Waals surface area contributed by atoms with Crippen LogP contribution < -0.4 is 4.74 Å². The van der Waals surface area contributed by atoms with E-state index in [2.05, 4.69) is 53.8 Å². The van der Waals surface area contributed by atoms with E-state index in [1.165, 1.54) is 35.7 Å². The van der Waals surface area contributed by atoms with Crippen LogP contribution in [0.5, 0.6) is 5.75 Å². The lowest BCUT2D eigenvalue weighted by atomic mass is 10.0. The number of ether oxygens (including phenoxy) is 1. The fourth-order valence-corrected chi connectivity index (χ4v) is 2.87. The Morgan fingerprint density at radius 3 is 2.69 bits per heavy atom. The van der Waals surface area contributed by atoms with Gasteiger partial charge in [-0.2, -0.15) is 0 Å². The first-order valence-electron chi connectivity index (χ1n) is 6.20. The Hall–Kier alpha value is -0.250. The minimum Gasteiger partial charge on any atom is -0.490 e. The molecule has 16 heavy (non-hydrogen) atoms. The van der Waals surface area contributed by atoms with E-state index in [0.29, 0.717) is 6.10 Å². The van der Waals surface area contributed by atoms with Gasteiger partial charge in [0.2, 0.25) is 0 Å². The van der Waals surface area contributed by atoms with Crippen molar-refractivity contribution in [3.05, 3.63) is 27.8 Å². The van der Waals surface area contributed by atoms with E-state index in [4.69, 9.17) is 4.74 Å². The molecular formula is C14H19IO. The van der Waals surface area contributed by atoms with E-state index in [1.807, 2.05) is 0 Å². The predicted octanol–water partition coefficient (Wildman–Crippen LogP) is 4.64. The maximum absolute atomic E-state index is 6.00. The van der Waals surface area contributed by atoms with Crippen LogP contribution >= 0.6 is 22.6 Å². The summed E-state index contributed by atoms with van der Waals surface area (Å²) in [6, 6.07) is 8.37. The third-order valence-corrected chi connectivity index (χ3v) is 4.03. The first kappa shape index (κ1) is 12.2. The van der Waals surface area contributed by atoms with Crippen molar-refractivity contribution in [1.82, 2.24) is 0 Å². The van der Waals surface area contributed by atoms with E-state index in [0.717, 1.165) is 11.7 Å². The highest BCUT2D eigenvalue weighted by atomic mass is 127. The van der Waals surface area contributed by atoms with Crippen molar-refractivity contribution in [1.29, 1.82) is 0 Å². The zero-order valence-corrected chi connectivity index (χ0v) is 11.9. The van der Waals surface area contributed by atoms with Crippen molar-refractivity contribution in [2.75, 3.05) is 0 Å². The predicted molar refractivity (Wildman–Crippen MR) is 75.8 cm³/mol. The Kier molecular flexibility index (Phi) is 4.50. The quantitative estimate of drug-likeness (QED) is 0.731. The van der Waals surface area contributed by atoms with Crippen LogP contribution in [0, 0.1) is 9.49 Å². The minimum absolute atomic E-state index is 0.455. The monoisotopic (exact) mass is 330 g/mol. The lowest BCUT2D eigenvalue weighted by Gasteiger charge is -2.14. The summed E-state index contributed by atoms with van der Waals surface area (Å²) in [7, 11) is 0. The van der Waals surface area contributed by atoms with E-state index < -0.39 is 0 Å². The Morgan fingerprint density at radius 2 is 2.00 bits per heavy atom. The number of rotatable bonds is 4. The van der Waals surface area contributed by atoms with Crippen molar-refractivity contribution in [3.8, 4) is 5.75 Å². The van der Waals surface area contributed by atoms with Crippen LogP contribution in [-0.4, -0.2) is 6.10 Å². The van der Waals surface area contributed by atoms with Crippen LogP contribution in [0.15, 0.2) is 24.3 Å². The SMILES string of the molecule is CCCC1CCC(Oc2ccc(I)cc2)C1. The molecule has 1 aromatic rings. The van der Waals surface area contributed by atoms with Gasteiger partial charge in [0.05, 0.1) is 6.10 Å². The molecule has 1 aromatic carbocycles. The molecule has 0 amide bonds. The van der Waals surface area contributed by atoms with E-state index in [9.17, 15) is 0 Å². The van der Waals surface area contributed by atoms with Gasteiger partial charge in [0.1, 0.15) is 5.75 Å². The molecule has 0 heterocycles. The summed E-state index contributed by atoms with van der Waals surface area (Å²) in [5.74, 6) is 1.93. The summed E-state index contributed by atoms with van der Waals surface area (Å²) >= 11 is 2.32. The molecule has 1 aliphatic carbocycles. The lowest BCUT2D eigenvalue weighted by Crippen LogP contribution is -2.12. The molecule has 2 unspecified atom stereocenters. The number of hydrogen-bond donors (Lipinski definition) is 0. The van der Waals surface area contributed by atoms with Gasteiger partial charge in [-0.15, -0.1) is 0 Å². The number of halogens is 1. The third kappa shape index (κ3) is 3.37. The summed E-state index contributed by atoms with van der Waals surface area (Å²) < 4.78 is 7.27. The molecule has 0 saturated heterocycles. The molecule has 1 fully saturated rings. The van der Waals surface area contributed by atoms with Crippen molar-refractivity contribution >= 4 is 22.6 Å². The van der Waals surface area contributed by atoms with E-state index in [-0.39, 0.29) is 0 Å². The molecule has 0 bridgehead atoms. The zero-order valence-electron chi connectivity index (χ0n) is 9.79. The summed E-state index contributed by atoms with van der Waals surface area (Å²) in [5, 5.41) is 0. The first-order chi connectivity index (χ1) is 7.78. The van der Waals surface area contributed by atoms with E-state index >= 15 is 0 Å². The number of benzene rings is 1. The average molecular weight is 330 g/mol. The fourth-order valence-electron chi connectivity index (χ4n) is 2.51. The van der Waals surface area contributed by atoms with E-state index in [1.54, 1.807) is 0 Å². The highest BCUT2D eigenvalue weighted by molar-refractivity contribution is 14.1. The van der Waals surface area contributed by atoms with Crippen LogP contribution in [0.2, 0.25) is 0 Å². The molecule has 1 aliphatic rings. The molecule has 2 heteroatoms. The largest absolute Gasteiger partial charge is 0.490 e. The third-order valence-electron chi connectivity index (χ3n) is 3.31. The second-order valence-electron chi connectivity index (χ2n) is 4.66. The molecule has 88 valence electrons. The summed E-state index contributed by atoms with van der Waals surface area (Å²) in [4.78, 5) is 0. The second kappa shape index (κ2) is 5.89. The summed E-state index contributed by atoms with van der Waals surface area (Å²) in [6.45, 7) is 2.27. The molecule has 2 atom stereocenters. The van der Waals surface area contributed by atoms with Gasteiger partial charge in [0, 0.05) is 3.57 Å². The van der Waals surface area contributed by atoms with Gasteiger partial charge >= 0.3 is 0 Å². The van der Waals surface area contributed by atoms with Crippen LogP contribution in [0.3, 0.4) is 0 Å².